The van der Waals surface area contributed by atoms with Crippen LogP contribution in [0.1, 0.15) is 20.8 Å². The Morgan fingerprint density at radius 2 is 1.76 bits per heavy atom. The van der Waals surface area contributed by atoms with Crippen molar-refractivity contribution in [2.75, 3.05) is 60.0 Å². The zero-order valence-corrected chi connectivity index (χ0v) is 20.8. The summed E-state index contributed by atoms with van der Waals surface area (Å²) in [4.78, 5) is 9.37. The maximum absolute atomic E-state index is 5.96. The van der Waals surface area contributed by atoms with Crippen molar-refractivity contribution in [2.45, 2.75) is 32.9 Å². The van der Waals surface area contributed by atoms with E-state index in [1.807, 2.05) is 31.2 Å². The third kappa shape index (κ3) is 8.96. The Morgan fingerprint density at radius 1 is 1.10 bits per heavy atom. The minimum absolute atomic E-state index is 0. The van der Waals surface area contributed by atoms with Gasteiger partial charge in [-0.2, -0.15) is 0 Å². The molecule has 0 aromatic heterocycles. The average molecular weight is 519 g/mol. The maximum Gasteiger partial charge on any atom is 0.191 e. The van der Waals surface area contributed by atoms with E-state index in [2.05, 4.69) is 39.3 Å². The van der Waals surface area contributed by atoms with Gasteiger partial charge in [0.05, 0.1) is 13.7 Å². The molecule has 166 valence electrons. The van der Waals surface area contributed by atoms with Gasteiger partial charge in [-0.25, -0.2) is 0 Å². The predicted molar refractivity (Wildman–Crippen MR) is 131 cm³/mol. The van der Waals surface area contributed by atoms with Crippen molar-refractivity contribution in [3.63, 3.8) is 0 Å². The number of nitrogens with zero attached hydrogens (tertiary/aromatic N) is 3. The molecule has 1 aromatic carbocycles. The normalized spacial score (nSPS) is 17.8. The second-order valence-corrected chi connectivity index (χ2v) is 7.26. The van der Waals surface area contributed by atoms with Gasteiger partial charge in [-0.15, -0.1) is 24.0 Å². The summed E-state index contributed by atoms with van der Waals surface area (Å²) in [5, 5.41) is 6.79. The first-order valence-electron chi connectivity index (χ1n) is 10.3. The predicted octanol–water partition coefficient (Wildman–Crippen LogP) is 2.27. The average Bonchev–Trinajstić information content (AvgIpc) is 2.73. The van der Waals surface area contributed by atoms with Crippen molar-refractivity contribution >= 4 is 29.9 Å². The lowest BCUT2D eigenvalue weighted by Gasteiger charge is -2.37. The molecule has 1 saturated heterocycles. The molecule has 0 bridgehead atoms. The lowest BCUT2D eigenvalue weighted by Crippen LogP contribution is -2.53. The summed E-state index contributed by atoms with van der Waals surface area (Å²) in [5.74, 6) is 2.40. The number of halogens is 1. The Labute approximate surface area is 193 Å². The number of rotatable bonds is 9. The summed E-state index contributed by atoms with van der Waals surface area (Å²) >= 11 is 0. The number of piperazine rings is 1. The van der Waals surface area contributed by atoms with Gasteiger partial charge in [0.2, 0.25) is 0 Å². The van der Waals surface area contributed by atoms with Crippen LogP contribution < -0.4 is 20.1 Å². The van der Waals surface area contributed by atoms with Gasteiger partial charge in [0, 0.05) is 51.9 Å². The summed E-state index contributed by atoms with van der Waals surface area (Å²) in [7, 11) is 3.46. The highest BCUT2D eigenvalue weighted by molar-refractivity contribution is 14.0. The van der Waals surface area contributed by atoms with Gasteiger partial charge in [-0.1, -0.05) is 13.0 Å². The Balaban J connectivity index is 0.00000420. The molecule has 2 N–H and O–H groups in total. The quantitative estimate of drug-likeness (QED) is 0.297. The Bertz CT molecular complexity index is 608. The minimum atomic E-state index is 0. The molecular formula is C21H38IN5O2. The number of ether oxygens (including phenoxy) is 2. The van der Waals surface area contributed by atoms with E-state index < -0.39 is 0 Å². The molecule has 0 amide bonds. The number of methoxy groups -OCH3 is 1. The minimum Gasteiger partial charge on any atom is -0.497 e. The molecule has 1 aliphatic heterocycles. The molecule has 2 rings (SSSR count). The van der Waals surface area contributed by atoms with E-state index in [0.717, 1.165) is 56.7 Å². The smallest absolute Gasteiger partial charge is 0.191 e. The zero-order valence-electron chi connectivity index (χ0n) is 18.5. The number of likely N-dealkylation sites (N-methyl/N-ethyl adjacent to an activating group) is 1. The number of nitrogens with one attached hydrogen (secondary N) is 2. The fraction of sp³-hybridized carbons (Fsp3) is 0.667. The second kappa shape index (κ2) is 13.9. The molecule has 0 radical (unpaired) electrons. The van der Waals surface area contributed by atoms with Gasteiger partial charge in [0.25, 0.3) is 0 Å². The van der Waals surface area contributed by atoms with Crippen LogP contribution in [0, 0.1) is 0 Å². The van der Waals surface area contributed by atoms with Crippen LogP contribution in [0.5, 0.6) is 11.5 Å². The van der Waals surface area contributed by atoms with E-state index in [0.29, 0.717) is 12.6 Å². The Hall–Kier alpha value is -1.26. The third-order valence-corrected chi connectivity index (χ3v) is 5.20. The van der Waals surface area contributed by atoms with Crippen molar-refractivity contribution in [2.24, 2.45) is 4.99 Å². The standard InChI is InChI=1S/C21H37N5O2.HI/c1-6-25-10-12-26(13-11-25)17(2)15-23-21(22-4)24-16-18(3)28-20-9-7-8-19(14-20)27-5;/h7-9,14,17-18H,6,10-13,15-16H2,1-5H3,(H2,22,23,24);1H. The molecular weight excluding hydrogens is 481 g/mol. The van der Waals surface area contributed by atoms with Crippen molar-refractivity contribution < 1.29 is 9.47 Å². The van der Waals surface area contributed by atoms with Crippen molar-refractivity contribution in [3.8, 4) is 11.5 Å². The van der Waals surface area contributed by atoms with E-state index in [1.165, 1.54) is 0 Å². The van der Waals surface area contributed by atoms with Crippen LogP contribution in [0.15, 0.2) is 29.3 Å². The zero-order chi connectivity index (χ0) is 20.4. The van der Waals surface area contributed by atoms with E-state index in [4.69, 9.17) is 9.47 Å². The lowest BCUT2D eigenvalue weighted by molar-refractivity contribution is 0.107. The molecule has 1 heterocycles. The number of guanidine groups is 1. The summed E-state index contributed by atoms with van der Waals surface area (Å²) in [6.45, 7) is 13.8. The van der Waals surface area contributed by atoms with Gasteiger partial charge in [-0.3, -0.25) is 9.89 Å². The number of hydrogen-bond acceptors (Lipinski definition) is 5. The summed E-state index contributed by atoms with van der Waals surface area (Å²) in [5.41, 5.74) is 0. The Kier molecular flexibility index (Phi) is 12.3. The molecule has 1 fully saturated rings. The van der Waals surface area contributed by atoms with Gasteiger partial charge >= 0.3 is 0 Å². The first kappa shape index (κ1) is 25.8. The highest BCUT2D eigenvalue weighted by Crippen LogP contribution is 2.19. The first-order valence-corrected chi connectivity index (χ1v) is 10.3. The third-order valence-electron chi connectivity index (χ3n) is 5.20. The van der Waals surface area contributed by atoms with Crippen LogP contribution in [0.2, 0.25) is 0 Å². The van der Waals surface area contributed by atoms with Crippen LogP contribution in [0.25, 0.3) is 0 Å². The molecule has 2 unspecified atom stereocenters. The molecule has 1 aliphatic rings. The highest BCUT2D eigenvalue weighted by atomic mass is 127. The molecule has 2 atom stereocenters. The lowest BCUT2D eigenvalue weighted by atomic mass is 10.2. The van der Waals surface area contributed by atoms with Gasteiger partial charge in [-0.05, 0) is 32.5 Å². The van der Waals surface area contributed by atoms with Crippen LogP contribution in [-0.4, -0.2) is 87.9 Å². The van der Waals surface area contributed by atoms with Crippen LogP contribution >= 0.6 is 24.0 Å². The molecule has 7 nitrogen and oxygen atoms in total. The molecule has 0 aliphatic carbocycles. The van der Waals surface area contributed by atoms with Crippen molar-refractivity contribution in [3.05, 3.63) is 24.3 Å². The van der Waals surface area contributed by atoms with Crippen LogP contribution in [0.4, 0.5) is 0 Å². The van der Waals surface area contributed by atoms with E-state index >= 15 is 0 Å². The van der Waals surface area contributed by atoms with Crippen molar-refractivity contribution in [1.29, 1.82) is 0 Å². The fourth-order valence-corrected chi connectivity index (χ4v) is 3.30. The van der Waals surface area contributed by atoms with Crippen LogP contribution in [-0.2, 0) is 0 Å². The second-order valence-electron chi connectivity index (χ2n) is 7.26. The molecule has 8 heteroatoms. The van der Waals surface area contributed by atoms with E-state index in [1.54, 1.807) is 14.2 Å². The topological polar surface area (TPSA) is 61.4 Å². The monoisotopic (exact) mass is 519 g/mol. The van der Waals surface area contributed by atoms with Gasteiger partial charge in [0.1, 0.15) is 17.6 Å². The molecule has 29 heavy (non-hydrogen) atoms. The molecule has 0 spiro atoms. The molecule has 0 saturated carbocycles. The fourth-order valence-electron chi connectivity index (χ4n) is 3.30. The van der Waals surface area contributed by atoms with E-state index in [-0.39, 0.29) is 30.1 Å². The van der Waals surface area contributed by atoms with Gasteiger partial charge in [0.15, 0.2) is 5.96 Å². The summed E-state index contributed by atoms with van der Waals surface area (Å²) in [6, 6.07) is 8.14. The number of aliphatic imine (C=N–C) groups is 1. The summed E-state index contributed by atoms with van der Waals surface area (Å²) in [6.07, 6.45) is 0.00482. The number of benzene rings is 1. The van der Waals surface area contributed by atoms with Crippen LogP contribution in [0.3, 0.4) is 0 Å². The maximum atomic E-state index is 5.96. The highest BCUT2D eigenvalue weighted by Gasteiger charge is 2.20. The van der Waals surface area contributed by atoms with Gasteiger partial charge < -0.3 is 25.0 Å². The largest absolute Gasteiger partial charge is 0.497 e. The first-order chi connectivity index (χ1) is 13.5. The van der Waals surface area contributed by atoms with Crippen molar-refractivity contribution in [1.82, 2.24) is 20.4 Å². The van der Waals surface area contributed by atoms with E-state index in [9.17, 15) is 0 Å². The summed E-state index contributed by atoms with van der Waals surface area (Å²) < 4.78 is 11.2. The Morgan fingerprint density at radius 3 is 2.38 bits per heavy atom. The SMILES string of the molecule is CCN1CCN(C(C)CNC(=NC)NCC(C)Oc2cccc(OC)c2)CC1.I. The number of hydrogen-bond donors (Lipinski definition) is 2. The molecule has 1 aromatic rings.